The summed E-state index contributed by atoms with van der Waals surface area (Å²) >= 11 is 0. The minimum Gasteiger partial charge on any atom is -0.371 e. The highest BCUT2D eigenvalue weighted by molar-refractivity contribution is 4.87. The van der Waals surface area contributed by atoms with Crippen molar-refractivity contribution in [3.63, 3.8) is 0 Å². The molecule has 1 aliphatic rings. The van der Waals surface area contributed by atoms with Crippen LogP contribution in [0, 0.1) is 0 Å². The second kappa shape index (κ2) is 4.94. The fourth-order valence-electron chi connectivity index (χ4n) is 1.83. The van der Waals surface area contributed by atoms with Crippen molar-refractivity contribution in [2.75, 3.05) is 39.8 Å². The zero-order valence-electron chi connectivity index (χ0n) is 9.10. The summed E-state index contributed by atoms with van der Waals surface area (Å²) < 4.78 is 5.88. The second-order valence-corrected chi connectivity index (χ2v) is 3.90. The van der Waals surface area contributed by atoms with Gasteiger partial charge in [-0.05, 0) is 20.0 Å². The first-order chi connectivity index (χ1) is 6.22. The van der Waals surface area contributed by atoms with Crippen molar-refractivity contribution >= 4 is 0 Å². The van der Waals surface area contributed by atoms with E-state index in [4.69, 9.17) is 4.74 Å². The minimum atomic E-state index is 0.0585. The van der Waals surface area contributed by atoms with Crippen LogP contribution < -0.4 is 5.32 Å². The molecule has 0 saturated carbocycles. The van der Waals surface area contributed by atoms with Gasteiger partial charge < -0.3 is 15.0 Å². The third-order valence-electron chi connectivity index (χ3n) is 2.78. The summed E-state index contributed by atoms with van der Waals surface area (Å²) in [5.41, 5.74) is 0.0585. The maximum atomic E-state index is 5.88. The topological polar surface area (TPSA) is 24.5 Å². The van der Waals surface area contributed by atoms with Gasteiger partial charge in [0.25, 0.3) is 0 Å². The Morgan fingerprint density at radius 3 is 2.77 bits per heavy atom. The van der Waals surface area contributed by atoms with Gasteiger partial charge in [0.05, 0.1) is 12.2 Å². The molecule has 1 atom stereocenters. The molecule has 1 rings (SSSR count). The SMILES string of the molecule is CCNCC1(CC)CN(C)CCO1. The van der Waals surface area contributed by atoms with Crippen LogP contribution in [0.25, 0.3) is 0 Å². The number of morpholine rings is 1. The first kappa shape index (κ1) is 11.0. The third-order valence-corrected chi connectivity index (χ3v) is 2.78. The summed E-state index contributed by atoms with van der Waals surface area (Å²) in [4.78, 5) is 2.35. The summed E-state index contributed by atoms with van der Waals surface area (Å²) in [5.74, 6) is 0. The molecular formula is C10H22N2O. The highest BCUT2D eigenvalue weighted by Gasteiger charge is 2.33. The molecule has 1 fully saturated rings. The van der Waals surface area contributed by atoms with Crippen molar-refractivity contribution in [2.24, 2.45) is 0 Å². The molecule has 13 heavy (non-hydrogen) atoms. The quantitative estimate of drug-likeness (QED) is 0.699. The molecule has 3 nitrogen and oxygen atoms in total. The van der Waals surface area contributed by atoms with Crippen molar-refractivity contribution in [1.29, 1.82) is 0 Å². The highest BCUT2D eigenvalue weighted by Crippen LogP contribution is 2.20. The van der Waals surface area contributed by atoms with E-state index in [2.05, 4.69) is 31.1 Å². The summed E-state index contributed by atoms with van der Waals surface area (Å²) in [6, 6.07) is 0. The van der Waals surface area contributed by atoms with Gasteiger partial charge in [-0.2, -0.15) is 0 Å². The van der Waals surface area contributed by atoms with Gasteiger partial charge in [-0.3, -0.25) is 0 Å². The van der Waals surface area contributed by atoms with E-state index in [1.807, 2.05) is 0 Å². The van der Waals surface area contributed by atoms with E-state index in [1.165, 1.54) is 0 Å². The van der Waals surface area contributed by atoms with E-state index in [0.29, 0.717) is 0 Å². The lowest BCUT2D eigenvalue weighted by atomic mass is 9.98. The lowest BCUT2D eigenvalue weighted by Crippen LogP contribution is -2.55. The molecule has 0 radical (unpaired) electrons. The molecule has 0 amide bonds. The summed E-state index contributed by atoms with van der Waals surface area (Å²) in [5, 5.41) is 3.38. The molecule has 0 spiro atoms. The van der Waals surface area contributed by atoms with Gasteiger partial charge >= 0.3 is 0 Å². The van der Waals surface area contributed by atoms with Crippen LogP contribution in [-0.4, -0.2) is 50.3 Å². The van der Waals surface area contributed by atoms with Crippen LogP contribution in [-0.2, 0) is 4.74 Å². The van der Waals surface area contributed by atoms with E-state index < -0.39 is 0 Å². The van der Waals surface area contributed by atoms with Crippen LogP contribution in [0.5, 0.6) is 0 Å². The van der Waals surface area contributed by atoms with E-state index in [1.54, 1.807) is 0 Å². The summed E-state index contributed by atoms with van der Waals surface area (Å²) in [6.45, 7) is 9.33. The first-order valence-corrected chi connectivity index (χ1v) is 5.25. The normalized spacial score (nSPS) is 30.7. The van der Waals surface area contributed by atoms with E-state index >= 15 is 0 Å². The Labute approximate surface area is 81.4 Å². The van der Waals surface area contributed by atoms with Gasteiger partial charge in [0.2, 0.25) is 0 Å². The first-order valence-electron chi connectivity index (χ1n) is 5.25. The Morgan fingerprint density at radius 1 is 1.46 bits per heavy atom. The Kier molecular flexibility index (Phi) is 4.16. The zero-order valence-corrected chi connectivity index (χ0v) is 9.10. The predicted molar refractivity (Wildman–Crippen MR) is 55.0 cm³/mol. The molecule has 78 valence electrons. The third kappa shape index (κ3) is 2.93. The number of rotatable bonds is 4. The Morgan fingerprint density at radius 2 is 2.23 bits per heavy atom. The summed E-state index contributed by atoms with van der Waals surface area (Å²) in [6.07, 6.45) is 1.09. The van der Waals surface area contributed by atoms with Crippen molar-refractivity contribution in [3.8, 4) is 0 Å². The lowest BCUT2D eigenvalue weighted by molar-refractivity contribution is -0.103. The van der Waals surface area contributed by atoms with Gasteiger partial charge in [-0.1, -0.05) is 13.8 Å². The molecule has 0 bridgehead atoms. The van der Waals surface area contributed by atoms with E-state index in [-0.39, 0.29) is 5.60 Å². The maximum absolute atomic E-state index is 5.88. The number of nitrogens with zero attached hydrogens (tertiary/aromatic N) is 1. The number of hydrogen-bond acceptors (Lipinski definition) is 3. The van der Waals surface area contributed by atoms with Crippen molar-refractivity contribution < 1.29 is 4.74 Å². The van der Waals surface area contributed by atoms with Crippen molar-refractivity contribution in [1.82, 2.24) is 10.2 Å². The number of nitrogens with one attached hydrogen (secondary N) is 1. The minimum absolute atomic E-state index is 0.0585. The number of hydrogen-bond donors (Lipinski definition) is 1. The molecule has 1 saturated heterocycles. The number of ether oxygens (including phenoxy) is 1. The van der Waals surface area contributed by atoms with Gasteiger partial charge in [-0.25, -0.2) is 0 Å². The molecular weight excluding hydrogens is 164 g/mol. The Hall–Kier alpha value is -0.120. The highest BCUT2D eigenvalue weighted by atomic mass is 16.5. The van der Waals surface area contributed by atoms with Crippen LogP contribution in [0.15, 0.2) is 0 Å². The van der Waals surface area contributed by atoms with Crippen LogP contribution in [0.2, 0.25) is 0 Å². The fraction of sp³-hybridized carbons (Fsp3) is 1.00. The average Bonchev–Trinajstić information content (AvgIpc) is 2.15. The average molecular weight is 186 g/mol. The molecule has 0 aromatic carbocycles. The fourth-order valence-corrected chi connectivity index (χ4v) is 1.83. The van der Waals surface area contributed by atoms with Crippen LogP contribution in [0.4, 0.5) is 0 Å². The standard InChI is InChI=1S/C10H22N2O/c1-4-10(8-11-5-2)9-12(3)6-7-13-10/h11H,4-9H2,1-3H3. The Bertz CT molecular complexity index is 152. The van der Waals surface area contributed by atoms with Gasteiger partial charge in [0.15, 0.2) is 0 Å². The van der Waals surface area contributed by atoms with Crippen LogP contribution >= 0.6 is 0 Å². The van der Waals surface area contributed by atoms with Crippen molar-refractivity contribution in [3.05, 3.63) is 0 Å². The molecule has 1 unspecified atom stereocenters. The molecule has 0 aromatic heterocycles. The lowest BCUT2D eigenvalue weighted by Gasteiger charge is -2.41. The van der Waals surface area contributed by atoms with Gasteiger partial charge in [0, 0.05) is 19.6 Å². The smallest absolute Gasteiger partial charge is 0.0930 e. The van der Waals surface area contributed by atoms with Gasteiger partial charge in [-0.15, -0.1) is 0 Å². The molecule has 0 aliphatic carbocycles. The summed E-state index contributed by atoms with van der Waals surface area (Å²) in [7, 11) is 2.17. The van der Waals surface area contributed by atoms with Crippen LogP contribution in [0.3, 0.4) is 0 Å². The molecule has 1 N–H and O–H groups in total. The number of likely N-dealkylation sites (N-methyl/N-ethyl adjacent to an activating group) is 2. The zero-order chi connectivity index (χ0) is 9.73. The molecule has 3 heteroatoms. The molecule has 1 heterocycles. The molecule has 1 aliphatic heterocycles. The Balaban J connectivity index is 2.46. The molecule has 0 aromatic rings. The van der Waals surface area contributed by atoms with E-state index in [9.17, 15) is 0 Å². The monoisotopic (exact) mass is 186 g/mol. The van der Waals surface area contributed by atoms with Crippen molar-refractivity contribution in [2.45, 2.75) is 25.9 Å². The van der Waals surface area contributed by atoms with E-state index in [0.717, 1.165) is 39.2 Å². The predicted octanol–water partition coefficient (Wildman–Crippen LogP) is 0.707. The maximum Gasteiger partial charge on any atom is 0.0930 e. The van der Waals surface area contributed by atoms with Gasteiger partial charge in [0.1, 0.15) is 0 Å². The van der Waals surface area contributed by atoms with Crippen LogP contribution in [0.1, 0.15) is 20.3 Å². The second-order valence-electron chi connectivity index (χ2n) is 3.90. The largest absolute Gasteiger partial charge is 0.371 e.